The van der Waals surface area contributed by atoms with Crippen LogP contribution in [-0.2, 0) is 16.1 Å². The monoisotopic (exact) mass is 543 g/mol. The molecule has 0 N–H and O–H groups in total. The normalized spacial score (nSPS) is 13.8. The third kappa shape index (κ3) is 5.68. The summed E-state index contributed by atoms with van der Waals surface area (Å²) in [5, 5.41) is 22.1. The summed E-state index contributed by atoms with van der Waals surface area (Å²) in [4.78, 5) is 37.4. The molecule has 0 radical (unpaired) electrons. The predicted octanol–water partition coefficient (Wildman–Crippen LogP) is 5.74. The number of aliphatic imine (C=N–C) groups is 1. The average molecular weight is 544 g/mol. The van der Waals surface area contributed by atoms with Crippen molar-refractivity contribution in [3.05, 3.63) is 107 Å². The fourth-order valence-electron chi connectivity index (χ4n) is 3.35. The van der Waals surface area contributed by atoms with E-state index >= 15 is 0 Å². The van der Waals surface area contributed by atoms with Crippen LogP contribution in [0.25, 0.3) is 6.08 Å². The summed E-state index contributed by atoms with van der Waals surface area (Å²) >= 11 is 12.5. The number of non-ortho nitro benzene ring substituents is 2. The van der Waals surface area contributed by atoms with E-state index in [0.717, 1.165) is 6.07 Å². The SMILES string of the molecule is COc1cc(/C=C2\N=C(c3ccc([N+](=O)[O-])cc3Cl)OC2=O)cc(Cl)c1OCc1cccc([N+](=O)[O-])c1. The number of carbonyl (C=O) groups is 1. The van der Waals surface area contributed by atoms with Crippen LogP contribution in [0.1, 0.15) is 16.7 Å². The maximum atomic E-state index is 12.4. The molecule has 0 bridgehead atoms. The molecule has 0 saturated carbocycles. The van der Waals surface area contributed by atoms with Crippen LogP contribution in [0.5, 0.6) is 11.5 Å². The molecule has 1 aliphatic rings. The molecule has 188 valence electrons. The number of esters is 1. The molecular weight excluding hydrogens is 529 g/mol. The molecule has 4 rings (SSSR count). The molecule has 0 spiro atoms. The van der Waals surface area contributed by atoms with E-state index in [1.807, 2.05) is 0 Å². The van der Waals surface area contributed by atoms with Gasteiger partial charge in [0, 0.05) is 24.3 Å². The van der Waals surface area contributed by atoms with Crippen LogP contribution in [0.15, 0.2) is 65.3 Å². The van der Waals surface area contributed by atoms with Gasteiger partial charge in [-0.3, -0.25) is 20.2 Å². The van der Waals surface area contributed by atoms with Gasteiger partial charge in [0.15, 0.2) is 17.2 Å². The largest absolute Gasteiger partial charge is 0.493 e. The first-order chi connectivity index (χ1) is 17.7. The molecule has 3 aromatic carbocycles. The number of methoxy groups -OCH3 is 1. The Labute approximate surface area is 218 Å². The van der Waals surface area contributed by atoms with Gasteiger partial charge in [-0.25, -0.2) is 9.79 Å². The van der Waals surface area contributed by atoms with Gasteiger partial charge >= 0.3 is 5.97 Å². The Morgan fingerprint density at radius 2 is 1.73 bits per heavy atom. The highest BCUT2D eigenvalue weighted by molar-refractivity contribution is 6.35. The third-order valence-electron chi connectivity index (χ3n) is 5.07. The molecule has 1 heterocycles. The zero-order chi connectivity index (χ0) is 26.7. The third-order valence-corrected chi connectivity index (χ3v) is 5.67. The Hall–Kier alpha value is -4.48. The van der Waals surface area contributed by atoms with Gasteiger partial charge in [-0.15, -0.1) is 0 Å². The number of nitrogens with zero attached hydrogens (tertiary/aromatic N) is 3. The van der Waals surface area contributed by atoms with Crippen LogP contribution in [-0.4, -0.2) is 28.8 Å². The van der Waals surface area contributed by atoms with Gasteiger partial charge in [-0.2, -0.15) is 0 Å². The molecule has 13 heteroatoms. The lowest BCUT2D eigenvalue weighted by Crippen LogP contribution is -2.06. The Balaban J connectivity index is 1.59. The van der Waals surface area contributed by atoms with E-state index < -0.39 is 15.8 Å². The molecule has 3 aromatic rings. The van der Waals surface area contributed by atoms with Gasteiger partial charge < -0.3 is 14.2 Å². The van der Waals surface area contributed by atoms with Crippen molar-refractivity contribution in [2.45, 2.75) is 6.61 Å². The first-order valence-corrected chi connectivity index (χ1v) is 11.1. The maximum absolute atomic E-state index is 12.4. The van der Waals surface area contributed by atoms with Crippen molar-refractivity contribution in [3.8, 4) is 11.5 Å². The number of benzene rings is 3. The molecule has 0 saturated heterocycles. The predicted molar refractivity (Wildman–Crippen MR) is 134 cm³/mol. The molecule has 11 nitrogen and oxygen atoms in total. The number of nitro benzene ring substituents is 2. The van der Waals surface area contributed by atoms with E-state index in [0.29, 0.717) is 11.1 Å². The van der Waals surface area contributed by atoms with Gasteiger partial charge in [0.25, 0.3) is 11.4 Å². The Morgan fingerprint density at radius 1 is 1.00 bits per heavy atom. The number of hydrogen-bond donors (Lipinski definition) is 0. The molecule has 0 unspecified atom stereocenters. The van der Waals surface area contributed by atoms with E-state index in [9.17, 15) is 25.0 Å². The first-order valence-electron chi connectivity index (χ1n) is 10.4. The minimum absolute atomic E-state index is 0.00281. The van der Waals surface area contributed by atoms with Crippen LogP contribution in [0.3, 0.4) is 0 Å². The van der Waals surface area contributed by atoms with Gasteiger partial charge in [0.2, 0.25) is 5.90 Å². The standard InChI is InChI=1S/C24H15Cl2N3O8/c1-35-21-10-14(8-19(26)22(21)36-12-13-3-2-4-15(7-13)28(31)32)9-20-24(30)37-23(27-20)17-6-5-16(29(33)34)11-18(17)25/h2-11H,12H2,1H3/b20-9-. The quantitative estimate of drug-likeness (QED) is 0.151. The Morgan fingerprint density at radius 3 is 2.41 bits per heavy atom. The summed E-state index contributed by atoms with van der Waals surface area (Å²) in [5.74, 6) is -0.413. The van der Waals surface area contributed by atoms with Crippen molar-refractivity contribution in [1.29, 1.82) is 0 Å². The van der Waals surface area contributed by atoms with Gasteiger partial charge in [0.1, 0.15) is 6.61 Å². The van der Waals surface area contributed by atoms with Crippen LogP contribution in [0.4, 0.5) is 11.4 Å². The lowest BCUT2D eigenvalue weighted by molar-refractivity contribution is -0.385. The van der Waals surface area contributed by atoms with Crippen LogP contribution >= 0.6 is 23.2 Å². The molecule has 0 atom stereocenters. The molecular formula is C24H15Cl2N3O8. The first kappa shape index (κ1) is 25.6. The minimum atomic E-state index is -0.759. The van der Waals surface area contributed by atoms with Crippen molar-refractivity contribution in [1.82, 2.24) is 0 Å². The van der Waals surface area contributed by atoms with Gasteiger partial charge in [0.05, 0.1) is 32.6 Å². The fraction of sp³-hybridized carbons (Fsp3) is 0.0833. The molecule has 0 aromatic heterocycles. The highest BCUT2D eigenvalue weighted by Gasteiger charge is 2.27. The Kier molecular flexibility index (Phi) is 7.37. The molecule has 0 amide bonds. The van der Waals surface area contributed by atoms with Crippen molar-refractivity contribution in [3.63, 3.8) is 0 Å². The second kappa shape index (κ2) is 10.6. The van der Waals surface area contributed by atoms with E-state index in [-0.39, 0.29) is 56.7 Å². The number of nitro groups is 2. The molecule has 37 heavy (non-hydrogen) atoms. The fourth-order valence-corrected chi connectivity index (χ4v) is 3.88. The van der Waals surface area contributed by atoms with E-state index in [1.54, 1.807) is 18.2 Å². The van der Waals surface area contributed by atoms with E-state index in [2.05, 4.69) is 4.99 Å². The van der Waals surface area contributed by atoms with Crippen molar-refractivity contribution in [2.75, 3.05) is 7.11 Å². The average Bonchev–Trinajstić information content (AvgIpc) is 3.22. The van der Waals surface area contributed by atoms with Crippen molar-refractivity contribution < 1.29 is 28.9 Å². The maximum Gasteiger partial charge on any atom is 0.363 e. The second-order valence-corrected chi connectivity index (χ2v) is 8.32. The minimum Gasteiger partial charge on any atom is -0.493 e. The summed E-state index contributed by atoms with van der Waals surface area (Å²) in [5.41, 5.74) is 0.858. The van der Waals surface area contributed by atoms with Crippen LogP contribution < -0.4 is 9.47 Å². The smallest absolute Gasteiger partial charge is 0.363 e. The summed E-state index contributed by atoms with van der Waals surface area (Å²) in [6, 6.07) is 12.7. The number of rotatable bonds is 8. The van der Waals surface area contributed by atoms with Gasteiger partial charge in [-0.1, -0.05) is 35.3 Å². The van der Waals surface area contributed by atoms with Crippen LogP contribution in [0, 0.1) is 20.2 Å². The summed E-state index contributed by atoms with van der Waals surface area (Å²) in [7, 11) is 1.40. The van der Waals surface area contributed by atoms with Crippen molar-refractivity contribution >= 4 is 52.5 Å². The number of ether oxygens (including phenoxy) is 3. The lowest BCUT2D eigenvalue weighted by Gasteiger charge is -2.13. The summed E-state index contributed by atoms with van der Waals surface area (Å²) in [6.45, 7) is -0.00578. The van der Waals surface area contributed by atoms with E-state index in [4.69, 9.17) is 37.4 Å². The summed E-state index contributed by atoms with van der Waals surface area (Å²) < 4.78 is 16.3. The summed E-state index contributed by atoms with van der Waals surface area (Å²) in [6.07, 6.45) is 1.41. The topological polar surface area (TPSA) is 143 Å². The zero-order valence-electron chi connectivity index (χ0n) is 18.8. The number of hydrogen-bond acceptors (Lipinski definition) is 9. The highest BCUT2D eigenvalue weighted by atomic mass is 35.5. The highest BCUT2D eigenvalue weighted by Crippen LogP contribution is 2.38. The van der Waals surface area contributed by atoms with Crippen molar-refractivity contribution in [2.24, 2.45) is 4.99 Å². The zero-order valence-corrected chi connectivity index (χ0v) is 20.4. The number of cyclic esters (lactones) is 1. The number of halogens is 2. The molecule has 1 aliphatic heterocycles. The second-order valence-electron chi connectivity index (χ2n) is 7.51. The lowest BCUT2D eigenvalue weighted by atomic mass is 10.1. The van der Waals surface area contributed by atoms with Crippen LogP contribution in [0.2, 0.25) is 10.0 Å². The molecule has 0 aliphatic carbocycles. The number of carbonyl (C=O) groups excluding carboxylic acids is 1. The Bertz CT molecular complexity index is 1500. The van der Waals surface area contributed by atoms with Gasteiger partial charge in [-0.05, 0) is 35.4 Å². The van der Waals surface area contributed by atoms with E-state index in [1.165, 1.54) is 43.5 Å². The molecule has 0 fully saturated rings.